The van der Waals surface area contributed by atoms with Crippen molar-refractivity contribution in [1.82, 2.24) is 10.7 Å². The minimum absolute atomic E-state index is 0.0836. The highest BCUT2D eigenvalue weighted by atomic mass is 16.5. The first-order chi connectivity index (χ1) is 16.7. The molecule has 2 amide bonds. The highest BCUT2D eigenvalue weighted by molar-refractivity contribution is 5.87. The minimum atomic E-state index is -0.362. The summed E-state index contributed by atoms with van der Waals surface area (Å²) in [7, 11) is 0. The average Bonchev–Trinajstić information content (AvgIpc) is 2.86. The molecule has 0 aromatic heterocycles. The largest absolute Gasteiger partial charge is 0.488 e. The molecule has 0 spiro atoms. The number of benzene rings is 2. The van der Waals surface area contributed by atoms with Crippen molar-refractivity contribution in [1.29, 1.82) is 0 Å². The molecular formula is C28H39N3O3. The minimum Gasteiger partial charge on any atom is -0.488 e. The maximum atomic E-state index is 12.0. The number of carbonyl (C=O) groups is 2. The molecule has 0 heterocycles. The van der Waals surface area contributed by atoms with Gasteiger partial charge >= 0.3 is 0 Å². The second-order valence-electron chi connectivity index (χ2n) is 8.46. The molecule has 6 nitrogen and oxygen atoms in total. The predicted octanol–water partition coefficient (Wildman–Crippen LogP) is 5.75. The van der Waals surface area contributed by atoms with Gasteiger partial charge in [0.1, 0.15) is 12.4 Å². The zero-order valence-electron chi connectivity index (χ0n) is 20.4. The Morgan fingerprint density at radius 3 is 2.21 bits per heavy atom. The van der Waals surface area contributed by atoms with Gasteiger partial charge in [-0.1, -0.05) is 101 Å². The van der Waals surface area contributed by atoms with E-state index < -0.39 is 0 Å². The molecule has 0 fully saturated rings. The summed E-state index contributed by atoms with van der Waals surface area (Å²) in [6.07, 6.45) is 12.9. The Kier molecular flexibility index (Phi) is 13.8. The summed E-state index contributed by atoms with van der Waals surface area (Å²) in [5.41, 5.74) is 4.28. The summed E-state index contributed by atoms with van der Waals surface area (Å²) in [5.74, 6) is 0.222. The number of carbonyl (C=O) groups excluding carboxylic acids is 2. The Hall–Kier alpha value is -3.15. The van der Waals surface area contributed by atoms with Crippen LogP contribution in [0.15, 0.2) is 59.7 Å². The zero-order valence-corrected chi connectivity index (χ0v) is 20.4. The van der Waals surface area contributed by atoms with Gasteiger partial charge in [0.15, 0.2) is 0 Å². The van der Waals surface area contributed by atoms with Crippen molar-refractivity contribution in [2.45, 2.75) is 77.7 Å². The van der Waals surface area contributed by atoms with Gasteiger partial charge in [-0.05, 0) is 24.1 Å². The van der Waals surface area contributed by atoms with E-state index in [0.717, 1.165) is 24.0 Å². The van der Waals surface area contributed by atoms with Crippen LogP contribution in [-0.2, 0) is 16.2 Å². The molecule has 2 aromatic carbocycles. The number of hydrogen-bond donors (Lipinski definition) is 2. The third-order valence-corrected chi connectivity index (χ3v) is 5.50. The first kappa shape index (κ1) is 27.1. The molecule has 2 aromatic rings. The van der Waals surface area contributed by atoms with Gasteiger partial charge in [0, 0.05) is 12.0 Å². The fraction of sp³-hybridized carbons (Fsp3) is 0.464. The number of hydrazone groups is 1. The van der Waals surface area contributed by atoms with Gasteiger partial charge in [-0.15, -0.1) is 0 Å². The van der Waals surface area contributed by atoms with Crippen LogP contribution in [0.2, 0.25) is 0 Å². The van der Waals surface area contributed by atoms with E-state index in [1.807, 2.05) is 54.6 Å². The van der Waals surface area contributed by atoms with Crippen LogP contribution in [0.3, 0.4) is 0 Å². The maximum absolute atomic E-state index is 12.0. The van der Waals surface area contributed by atoms with Crippen LogP contribution in [0.4, 0.5) is 0 Å². The summed E-state index contributed by atoms with van der Waals surface area (Å²) in [6, 6.07) is 17.4. The predicted molar refractivity (Wildman–Crippen MR) is 138 cm³/mol. The lowest BCUT2D eigenvalue weighted by molar-refractivity contribution is -0.126. The van der Waals surface area contributed by atoms with Gasteiger partial charge in [0.05, 0.1) is 12.8 Å². The SMILES string of the molecule is CCCCCCCCCCCC(=O)NCC(=O)NN=Cc1ccccc1OCc1ccccc1. The van der Waals surface area contributed by atoms with Gasteiger partial charge < -0.3 is 10.1 Å². The fourth-order valence-corrected chi connectivity index (χ4v) is 3.53. The van der Waals surface area contributed by atoms with Crippen molar-refractivity contribution in [3.05, 3.63) is 65.7 Å². The lowest BCUT2D eigenvalue weighted by atomic mass is 10.1. The van der Waals surface area contributed by atoms with E-state index in [0.29, 0.717) is 18.8 Å². The van der Waals surface area contributed by atoms with E-state index >= 15 is 0 Å². The molecule has 0 aliphatic carbocycles. The molecule has 0 bridgehead atoms. The average molecular weight is 466 g/mol. The van der Waals surface area contributed by atoms with Gasteiger partial charge in [-0.3, -0.25) is 9.59 Å². The van der Waals surface area contributed by atoms with Crippen LogP contribution in [-0.4, -0.2) is 24.6 Å². The van der Waals surface area contributed by atoms with Crippen molar-refractivity contribution in [3.8, 4) is 5.75 Å². The van der Waals surface area contributed by atoms with Crippen molar-refractivity contribution >= 4 is 18.0 Å². The molecule has 0 atom stereocenters. The molecule has 0 radical (unpaired) electrons. The van der Waals surface area contributed by atoms with Crippen molar-refractivity contribution in [3.63, 3.8) is 0 Å². The van der Waals surface area contributed by atoms with Crippen LogP contribution >= 0.6 is 0 Å². The summed E-state index contributed by atoms with van der Waals surface area (Å²) in [6.45, 7) is 2.59. The van der Waals surface area contributed by atoms with E-state index in [-0.39, 0.29) is 18.4 Å². The Morgan fingerprint density at radius 1 is 0.824 bits per heavy atom. The molecule has 184 valence electrons. The first-order valence-corrected chi connectivity index (χ1v) is 12.5. The number of rotatable bonds is 17. The van der Waals surface area contributed by atoms with Crippen LogP contribution in [0.1, 0.15) is 82.3 Å². The maximum Gasteiger partial charge on any atom is 0.259 e. The Balaban J connectivity index is 1.59. The van der Waals surface area contributed by atoms with E-state index in [1.165, 1.54) is 44.9 Å². The van der Waals surface area contributed by atoms with Gasteiger partial charge in [0.25, 0.3) is 5.91 Å². The fourth-order valence-electron chi connectivity index (χ4n) is 3.53. The van der Waals surface area contributed by atoms with E-state index in [4.69, 9.17) is 4.74 Å². The van der Waals surface area contributed by atoms with E-state index in [1.54, 1.807) is 6.21 Å². The molecule has 2 N–H and O–H groups in total. The monoisotopic (exact) mass is 465 g/mol. The standard InChI is InChI=1S/C28H39N3O3/c1-2-3-4-5-6-7-8-9-13-20-27(32)29-22-28(33)31-30-21-25-18-14-15-19-26(25)34-23-24-16-11-10-12-17-24/h10-12,14-19,21H,2-9,13,20,22-23H2,1H3,(H,29,32)(H,31,33). The second-order valence-corrected chi connectivity index (χ2v) is 8.46. The lowest BCUT2D eigenvalue weighted by Gasteiger charge is -2.09. The third-order valence-electron chi connectivity index (χ3n) is 5.50. The van der Waals surface area contributed by atoms with Crippen LogP contribution < -0.4 is 15.5 Å². The van der Waals surface area contributed by atoms with E-state index in [2.05, 4.69) is 22.8 Å². The number of nitrogens with one attached hydrogen (secondary N) is 2. The molecule has 2 rings (SSSR count). The number of hydrogen-bond acceptors (Lipinski definition) is 4. The van der Waals surface area contributed by atoms with Gasteiger partial charge in [-0.25, -0.2) is 5.43 Å². The number of amides is 2. The van der Waals surface area contributed by atoms with Gasteiger partial charge in [-0.2, -0.15) is 5.10 Å². The molecule has 0 aliphatic heterocycles. The summed E-state index contributed by atoms with van der Waals surface area (Å²) in [4.78, 5) is 23.9. The molecule has 0 saturated heterocycles. The first-order valence-electron chi connectivity index (χ1n) is 12.5. The topological polar surface area (TPSA) is 79.8 Å². The van der Waals surface area contributed by atoms with Crippen LogP contribution in [0, 0.1) is 0 Å². The molecule has 0 saturated carbocycles. The molecule has 34 heavy (non-hydrogen) atoms. The molecule has 0 aliphatic rings. The van der Waals surface area contributed by atoms with Crippen LogP contribution in [0.25, 0.3) is 0 Å². The highest BCUT2D eigenvalue weighted by Gasteiger charge is 2.05. The van der Waals surface area contributed by atoms with Crippen molar-refractivity contribution in [2.75, 3.05) is 6.54 Å². The third kappa shape index (κ3) is 12.2. The van der Waals surface area contributed by atoms with Crippen LogP contribution in [0.5, 0.6) is 5.75 Å². The van der Waals surface area contributed by atoms with E-state index in [9.17, 15) is 9.59 Å². The Labute approximate surface area is 204 Å². The number of para-hydroxylation sites is 1. The van der Waals surface area contributed by atoms with Gasteiger partial charge in [0.2, 0.25) is 5.91 Å². The number of nitrogens with zero attached hydrogens (tertiary/aromatic N) is 1. The molecule has 6 heteroatoms. The Morgan fingerprint density at radius 2 is 1.47 bits per heavy atom. The quantitative estimate of drug-likeness (QED) is 0.177. The second kappa shape index (κ2) is 17.3. The highest BCUT2D eigenvalue weighted by Crippen LogP contribution is 2.17. The Bertz CT molecular complexity index is 868. The molecule has 0 unspecified atom stereocenters. The zero-order chi connectivity index (χ0) is 24.3. The lowest BCUT2D eigenvalue weighted by Crippen LogP contribution is -2.34. The summed E-state index contributed by atoms with van der Waals surface area (Å²) >= 11 is 0. The van der Waals surface area contributed by atoms with Crippen molar-refractivity contribution in [2.24, 2.45) is 5.10 Å². The number of unbranched alkanes of at least 4 members (excludes halogenated alkanes) is 8. The summed E-state index contributed by atoms with van der Waals surface area (Å²) < 4.78 is 5.88. The number of ether oxygens (including phenoxy) is 1. The smallest absolute Gasteiger partial charge is 0.259 e. The normalized spacial score (nSPS) is 10.9. The van der Waals surface area contributed by atoms with Crippen molar-refractivity contribution < 1.29 is 14.3 Å². The molecular weight excluding hydrogens is 426 g/mol. The summed E-state index contributed by atoms with van der Waals surface area (Å²) in [5, 5.41) is 6.66.